The largest absolute Gasteiger partial charge is 0.468 e. The van der Waals surface area contributed by atoms with E-state index in [1.54, 1.807) is 0 Å². The molecule has 1 saturated carbocycles. The van der Waals surface area contributed by atoms with Crippen LogP contribution in [-0.4, -0.2) is 30.9 Å². The third-order valence-corrected chi connectivity index (χ3v) is 5.14. The molecule has 4 atom stereocenters. The summed E-state index contributed by atoms with van der Waals surface area (Å²) in [4.78, 5) is 24.8. The van der Waals surface area contributed by atoms with E-state index in [9.17, 15) is 9.59 Å². The van der Waals surface area contributed by atoms with E-state index < -0.39 is 12.0 Å². The van der Waals surface area contributed by atoms with Crippen LogP contribution in [0.2, 0.25) is 0 Å². The normalized spacial score (nSPS) is 36.3. The minimum atomic E-state index is -0.540. The first-order valence-electron chi connectivity index (χ1n) is 7.95. The minimum Gasteiger partial charge on any atom is -0.468 e. The smallest absolute Gasteiger partial charge is 0.323 e. The van der Waals surface area contributed by atoms with E-state index in [1.165, 1.54) is 26.4 Å². The van der Waals surface area contributed by atoms with Gasteiger partial charge in [0.05, 0.1) is 18.9 Å². The molecule has 114 valence electrons. The van der Waals surface area contributed by atoms with Crippen LogP contribution in [0.15, 0.2) is 24.3 Å². The number of hydrogen-bond acceptors (Lipinski definition) is 4. The number of ketones is 1. The lowest BCUT2D eigenvalue weighted by Gasteiger charge is -2.42. The highest BCUT2D eigenvalue weighted by Crippen LogP contribution is 2.36. The second-order valence-electron chi connectivity index (χ2n) is 6.32. The predicted octanol–water partition coefficient (Wildman–Crippen LogP) is 2.01. The average Bonchev–Trinajstić information content (AvgIpc) is 2.65. The van der Waals surface area contributed by atoms with Crippen LogP contribution in [0.5, 0.6) is 0 Å². The molecule has 4 nitrogen and oxygen atoms in total. The molecule has 3 rings (SSSR count). The number of allylic oxidation sites excluding steroid dienone is 2. The van der Waals surface area contributed by atoms with Crippen molar-refractivity contribution in [2.24, 2.45) is 17.8 Å². The number of Topliss-reactive ketones (excluding diaryl/α,β-unsaturated/α-hetero) is 1. The Kier molecular flexibility index (Phi) is 4.24. The SMILES string of the molecule is COC(=O)[C@@H]1N[C@@H](C2CCCCC2)C2C=CC=CC1C2=O. The number of carbonyl (C=O) groups is 2. The van der Waals surface area contributed by atoms with E-state index in [2.05, 4.69) is 5.32 Å². The lowest BCUT2D eigenvalue weighted by Crippen LogP contribution is -2.61. The van der Waals surface area contributed by atoms with Crippen molar-refractivity contribution in [1.29, 1.82) is 0 Å². The summed E-state index contributed by atoms with van der Waals surface area (Å²) >= 11 is 0. The number of fused-ring (bicyclic) bond motifs is 2. The van der Waals surface area contributed by atoms with Crippen LogP contribution in [0.3, 0.4) is 0 Å². The van der Waals surface area contributed by atoms with Gasteiger partial charge in [0.1, 0.15) is 11.8 Å². The molecule has 0 aromatic carbocycles. The maximum absolute atomic E-state index is 12.8. The van der Waals surface area contributed by atoms with Gasteiger partial charge in [0.25, 0.3) is 0 Å². The molecule has 1 aliphatic heterocycles. The number of methoxy groups -OCH3 is 1. The van der Waals surface area contributed by atoms with E-state index in [1.807, 2.05) is 24.3 Å². The molecule has 4 heteroatoms. The van der Waals surface area contributed by atoms with Crippen LogP contribution in [0.4, 0.5) is 0 Å². The molecule has 0 radical (unpaired) electrons. The van der Waals surface area contributed by atoms with Crippen molar-refractivity contribution in [3.8, 4) is 0 Å². The van der Waals surface area contributed by atoms with Crippen LogP contribution in [0.25, 0.3) is 0 Å². The molecule has 0 amide bonds. The predicted molar refractivity (Wildman–Crippen MR) is 79.6 cm³/mol. The van der Waals surface area contributed by atoms with E-state index in [0.29, 0.717) is 5.92 Å². The van der Waals surface area contributed by atoms with Gasteiger partial charge in [-0.3, -0.25) is 14.9 Å². The molecule has 1 N–H and O–H groups in total. The number of rotatable bonds is 2. The topological polar surface area (TPSA) is 55.4 Å². The van der Waals surface area contributed by atoms with E-state index in [-0.39, 0.29) is 23.7 Å². The monoisotopic (exact) mass is 289 g/mol. The van der Waals surface area contributed by atoms with E-state index in [0.717, 1.165) is 12.8 Å². The van der Waals surface area contributed by atoms with Gasteiger partial charge in [-0.25, -0.2) is 0 Å². The number of esters is 1. The maximum atomic E-state index is 12.8. The zero-order valence-corrected chi connectivity index (χ0v) is 12.5. The van der Waals surface area contributed by atoms with Gasteiger partial charge in [-0.2, -0.15) is 0 Å². The first kappa shape index (κ1) is 14.5. The molecule has 21 heavy (non-hydrogen) atoms. The minimum absolute atomic E-state index is 0.0642. The van der Waals surface area contributed by atoms with Crippen molar-refractivity contribution >= 4 is 11.8 Å². The zero-order valence-electron chi connectivity index (χ0n) is 12.5. The lowest BCUT2D eigenvalue weighted by atomic mass is 9.71. The summed E-state index contributed by atoms with van der Waals surface area (Å²) in [5, 5.41) is 3.45. The Balaban J connectivity index is 1.89. The fraction of sp³-hybridized carbons (Fsp3) is 0.647. The molecule has 1 saturated heterocycles. The van der Waals surface area contributed by atoms with Crippen LogP contribution >= 0.6 is 0 Å². The lowest BCUT2D eigenvalue weighted by molar-refractivity contribution is -0.149. The molecule has 1 heterocycles. The fourth-order valence-electron chi connectivity index (χ4n) is 4.03. The third-order valence-electron chi connectivity index (χ3n) is 5.14. The Labute approximate surface area is 125 Å². The zero-order chi connectivity index (χ0) is 14.8. The highest BCUT2D eigenvalue weighted by atomic mass is 16.5. The molecule has 0 aromatic heterocycles. The number of nitrogens with one attached hydrogen (secondary N) is 1. The molecule has 3 aliphatic rings. The Hall–Kier alpha value is -1.42. The van der Waals surface area contributed by atoms with Gasteiger partial charge in [0.2, 0.25) is 0 Å². The van der Waals surface area contributed by atoms with Crippen molar-refractivity contribution in [3.63, 3.8) is 0 Å². The molecule has 0 spiro atoms. The van der Waals surface area contributed by atoms with Gasteiger partial charge in [0, 0.05) is 6.04 Å². The summed E-state index contributed by atoms with van der Waals surface area (Å²) in [6.07, 6.45) is 13.6. The van der Waals surface area contributed by atoms with Crippen LogP contribution in [-0.2, 0) is 14.3 Å². The summed E-state index contributed by atoms with van der Waals surface area (Å²) in [5.41, 5.74) is 0. The molecule has 2 unspecified atom stereocenters. The first-order valence-corrected chi connectivity index (χ1v) is 7.95. The molecular weight excluding hydrogens is 266 g/mol. The second kappa shape index (κ2) is 6.14. The second-order valence-corrected chi connectivity index (χ2v) is 6.32. The van der Waals surface area contributed by atoms with E-state index >= 15 is 0 Å². The van der Waals surface area contributed by atoms with Crippen LogP contribution < -0.4 is 5.32 Å². The summed E-state index contributed by atoms with van der Waals surface area (Å²) in [5.74, 6) is -0.223. The van der Waals surface area contributed by atoms with Gasteiger partial charge < -0.3 is 4.74 Å². The highest BCUT2D eigenvalue weighted by Gasteiger charge is 2.47. The standard InChI is InChI=1S/C17H23NO3/c1-21-17(20)15-13-10-6-5-9-12(16(13)19)14(18-15)11-7-3-2-4-8-11/h5-6,9-15,18H,2-4,7-8H2,1H3/t12?,13?,14-,15+/m0/s1. The number of carbonyl (C=O) groups excluding carboxylic acids is 2. The molecule has 2 aliphatic carbocycles. The fourth-order valence-corrected chi connectivity index (χ4v) is 4.03. The quantitative estimate of drug-likeness (QED) is 0.790. The maximum Gasteiger partial charge on any atom is 0.323 e. The average molecular weight is 289 g/mol. The summed E-state index contributed by atoms with van der Waals surface area (Å²) in [6, 6.07) is -0.476. The summed E-state index contributed by atoms with van der Waals surface area (Å²) in [7, 11) is 1.38. The Morgan fingerprint density at radius 3 is 2.48 bits per heavy atom. The number of hydrogen-bond donors (Lipinski definition) is 1. The Morgan fingerprint density at radius 1 is 1.14 bits per heavy atom. The van der Waals surface area contributed by atoms with Crippen LogP contribution in [0, 0.1) is 17.8 Å². The number of piperidine rings is 1. The Bertz CT molecular complexity index is 476. The van der Waals surface area contributed by atoms with E-state index in [4.69, 9.17) is 4.74 Å². The molecular formula is C17H23NO3. The molecule has 0 aromatic rings. The first-order chi connectivity index (χ1) is 10.2. The van der Waals surface area contributed by atoms with Crippen molar-refractivity contribution < 1.29 is 14.3 Å². The van der Waals surface area contributed by atoms with Crippen molar-refractivity contribution in [3.05, 3.63) is 24.3 Å². The van der Waals surface area contributed by atoms with Gasteiger partial charge in [0.15, 0.2) is 0 Å². The van der Waals surface area contributed by atoms with Gasteiger partial charge >= 0.3 is 5.97 Å². The third kappa shape index (κ3) is 2.69. The Morgan fingerprint density at radius 2 is 1.81 bits per heavy atom. The van der Waals surface area contributed by atoms with Crippen molar-refractivity contribution in [2.75, 3.05) is 7.11 Å². The van der Waals surface area contributed by atoms with Crippen molar-refractivity contribution in [2.45, 2.75) is 44.2 Å². The summed E-state index contributed by atoms with van der Waals surface area (Å²) < 4.78 is 4.90. The van der Waals surface area contributed by atoms with Crippen LogP contribution in [0.1, 0.15) is 32.1 Å². The molecule has 2 bridgehead atoms. The van der Waals surface area contributed by atoms with Gasteiger partial charge in [-0.15, -0.1) is 0 Å². The molecule has 2 fully saturated rings. The highest BCUT2D eigenvalue weighted by molar-refractivity contribution is 5.95. The van der Waals surface area contributed by atoms with Gasteiger partial charge in [-0.05, 0) is 18.8 Å². The summed E-state index contributed by atoms with van der Waals surface area (Å²) in [6.45, 7) is 0. The van der Waals surface area contributed by atoms with Crippen molar-refractivity contribution in [1.82, 2.24) is 5.32 Å². The van der Waals surface area contributed by atoms with Gasteiger partial charge in [-0.1, -0.05) is 43.6 Å². The number of ether oxygens (including phenoxy) is 1.